The van der Waals surface area contributed by atoms with E-state index >= 15 is 0 Å². The van der Waals surface area contributed by atoms with Crippen LogP contribution in [-0.4, -0.2) is 78.5 Å². The molecule has 8 heteroatoms. The summed E-state index contributed by atoms with van der Waals surface area (Å²) >= 11 is 0. The first-order valence-corrected chi connectivity index (χ1v) is 12.0. The van der Waals surface area contributed by atoms with E-state index < -0.39 is 12.0 Å². The van der Waals surface area contributed by atoms with Crippen LogP contribution in [-0.2, 0) is 9.53 Å². The molecule has 0 unspecified atom stereocenters. The zero-order valence-electron chi connectivity index (χ0n) is 20.4. The highest BCUT2D eigenvalue weighted by Gasteiger charge is 2.38. The van der Waals surface area contributed by atoms with Gasteiger partial charge >= 0.3 is 12.0 Å². The second-order valence-corrected chi connectivity index (χ2v) is 8.88. The number of rotatable bonds is 6. The number of urea groups is 1. The van der Waals surface area contributed by atoms with Gasteiger partial charge in [0.05, 0.1) is 18.2 Å². The summed E-state index contributed by atoms with van der Waals surface area (Å²) in [5.41, 5.74) is 2.56. The van der Waals surface area contributed by atoms with E-state index in [2.05, 4.69) is 10.2 Å². The third-order valence-electron chi connectivity index (χ3n) is 6.57. The van der Waals surface area contributed by atoms with Gasteiger partial charge in [-0.2, -0.15) is 0 Å². The Morgan fingerprint density at radius 1 is 1.03 bits per heavy atom. The molecule has 8 nitrogen and oxygen atoms in total. The van der Waals surface area contributed by atoms with Gasteiger partial charge in [0, 0.05) is 50.5 Å². The zero-order chi connectivity index (χ0) is 24.9. The zero-order valence-corrected chi connectivity index (χ0v) is 20.4. The lowest BCUT2D eigenvalue weighted by atomic mass is 9.94. The van der Waals surface area contributed by atoms with E-state index in [1.54, 1.807) is 14.0 Å². The Kier molecular flexibility index (Phi) is 7.51. The number of hydrogen-bond acceptors (Lipinski definition) is 5. The van der Waals surface area contributed by atoms with Crippen molar-refractivity contribution in [2.75, 3.05) is 39.8 Å². The van der Waals surface area contributed by atoms with E-state index in [1.807, 2.05) is 72.5 Å². The second kappa shape index (κ2) is 10.7. The van der Waals surface area contributed by atoms with Gasteiger partial charge in [0.1, 0.15) is 0 Å². The summed E-state index contributed by atoms with van der Waals surface area (Å²) in [5, 5.41) is 2.94. The first-order valence-electron chi connectivity index (χ1n) is 12.0. The molecule has 4 rings (SSSR count). The van der Waals surface area contributed by atoms with Crippen LogP contribution in [0.15, 0.2) is 71.9 Å². The van der Waals surface area contributed by atoms with E-state index in [0.717, 1.165) is 5.56 Å². The van der Waals surface area contributed by atoms with Crippen molar-refractivity contribution in [3.8, 4) is 0 Å². The molecule has 35 heavy (non-hydrogen) atoms. The van der Waals surface area contributed by atoms with Crippen LogP contribution in [0, 0.1) is 0 Å². The second-order valence-electron chi connectivity index (χ2n) is 8.88. The molecular formula is C27H32N4O4. The molecule has 2 heterocycles. The van der Waals surface area contributed by atoms with Crippen molar-refractivity contribution in [1.82, 2.24) is 20.0 Å². The highest BCUT2D eigenvalue weighted by molar-refractivity contribution is 5.95. The fourth-order valence-corrected chi connectivity index (χ4v) is 4.73. The van der Waals surface area contributed by atoms with Gasteiger partial charge in [0.25, 0.3) is 5.91 Å². The van der Waals surface area contributed by atoms with Gasteiger partial charge in [-0.1, -0.05) is 48.5 Å². The van der Waals surface area contributed by atoms with Gasteiger partial charge in [-0.3, -0.25) is 14.6 Å². The minimum absolute atomic E-state index is 0.0162. The summed E-state index contributed by atoms with van der Waals surface area (Å²) in [7, 11) is 1.67. The molecule has 0 aromatic heterocycles. The molecule has 1 saturated heterocycles. The third kappa shape index (κ3) is 5.22. The minimum atomic E-state index is -0.590. The van der Waals surface area contributed by atoms with Gasteiger partial charge in [-0.15, -0.1) is 0 Å². The molecule has 0 bridgehead atoms. The number of nitrogens with zero attached hydrogens (tertiary/aromatic N) is 3. The Hall–Kier alpha value is -3.65. The molecule has 184 valence electrons. The highest BCUT2D eigenvalue weighted by Crippen LogP contribution is 2.31. The fraction of sp³-hybridized carbons (Fsp3) is 0.370. The molecule has 2 atom stereocenters. The molecule has 0 aliphatic carbocycles. The molecule has 0 radical (unpaired) electrons. The summed E-state index contributed by atoms with van der Waals surface area (Å²) in [5.74, 6) is -0.420. The lowest BCUT2D eigenvalue weighted by molar-refractivity contribution is -0.139. The van der Waals surface area contributed by atoms with E-state index in [0.29, 0.717) is 43.0 Å². The number of carbonyl (C=O) groups is 3. The van der Waals surface area contributed by atoms with E-state index in [1.165, 1.54) is 4.90 Å². The number of nitrogens with one attached hydrogen (secondary N) is 1. The first kappa shape index (κ1) is 24.5. The molecule has 2 aliphatic heterocycles. The van der Waals surface area contributed by atoms with Crippen molar-refractivity contribution in [3.63, 3.8) is 0 Å². The quantitative estimate of drug-likeness (QED) is 0.648. The molecule has 2 aliphatic rings. The van der Waals surface area contributed by atoms with E-state index in [4.69, 9.17) is 4.74 Å². The molecule has 3 amide bonds. The largest absolute Gasteiger partial charge is 0.463 e. The molecule has 2 aromatic rings. The van der Waals surface area contributed by atoms with E-state index in [9.17, 15) is 14.4 Å². The van der Waals surface area contributed by atoms with Gasteiger partial charge in [0.15, 0.2) is 0 Å². The number of hydrogen-bond donors (Lipinski definition) is 1. The number of amides is 3. The molecule has 1 fully saturated rings. The third-order valence-corrected chi connectivity index (χ3v) is 6.57. The minimum Gasteiger partial charge on any atom is -0.463 e. The normalized spacial score (nSPS) is 21.1. The number of carbonyl (C=O) groups excluding carboxylic acids is 3. The Morgan fingerprint density at radius 2 is 1.69 bits per heavy atom. The van der Waals surface area contributed by atoms with Crippen molar-refractivity contribution < 1.29 is 19.1 Å². The number of piperazine rings is 1. The van der Waals surface area contributed by atoms with Gasteiger partial charge in [-0.05, 0) is 31.5 Å². The van der Waals surface area contributed by atoms with Crippen molar-refractivity contribution in [3.05, 3.63) is 83.1 Å². The molecule has 1 N–H and O–H groups in total. The van der Waals surface area contributed by atoms with Gasteiger partial charge < -0.3 is 15.0 Å². The molecule has 0 spiro atoms. The number of benzene rings is 2. The summed E-state index contributed by atoms with van der Waals surface area (Å²) in [4.78, 5) is 44.6. The summed E-state index contributed by atoms with van der Waals surface area (Å²) in [6, 6.07) is 17.9. The average molecular weight is 477 g/mol. The van der Waals surface area contributed by atoms with Crippen LogP contribution in [0.4, 0.5) is 4.79 Å². The van der Waals surface area contributed by atoms with Crippen molar-refractivity contribution in [2.24, 2.45) is 0 Å². The van der Waals surface area contributed by atoms with Crippen LogP contribution in [0.3, 0.4) is 0 Å². The number of ether oxygens (including phenoxy) is 1. The number of likely N-dealkylation sites (N-methyl/N-ethyl adjacent to an activating group) is 1. The maximum atomic E-state index is 13.1. The Morgan fingerprint density at radius 3 is 2.31 bits per heavy atom. The lowest BCUT2D eigenvalue weighted by Gasteiger charge is -2.42. The van der Waals surface area contributed by atoms with E-state index in [-0.39, 0.29) is 24.6 Å². The molecule has 0 saturated carbocycles. The van der Waals surface area contributed by atoms with Gasteiger partial charge in [0.2, 0.25) is 0 Å². The monoisotopic (exact) mass is 476 g/mol. The summed E-state index contributed by atoms with van der Waals surface area (Å²) in [6.07, 6.45) is 0. The maximum absolute atomic E-state index is 13.1. The fourth-order valence-electron chi connectivity index (χ4n) is 4.73. The topological polar surface area (TPSA) is 82.2 Å². The summed E-state index contributed by atoms with van der Waals surface area (Å²) < 4.78 is 5.41. The van der Waals surface area contributed by atoms with Crippen LogP contribution >= 0.6 is 0 Å². The number of esters is 1. The standard InChI is InChI=1S/C27H32N4O4/c1-4-35-26(33)23-22(29(3)27(34)28-24(23)20-11-7-5-8-12-20)18-30-15-16-31(19(2)17-30)25(32)21-13-9-6-10-14-21/h5-14,19,24H,4,15-18H2,1-3H3,(H,28,34)/t19-,24+/m1/s1. The van der Waals surface area contributed by atoms with Crippen molar-refractivity contribution in [1.29, 1.82) is 0 Å². The smallest absolute Gasteiger partial charge is 0.338 e. The summed E-state index contributed by atoms with van der Waals surface area (Å²) in [6.45, 7) is 6.26. The van der Waals surface area contributed by atoms with Crippen molar-refractivity contribution in [2.45, 2.75) is 25.9 Å². The van der Waals surface area contributed by atoms with Crippen LogP contribution in [0.5, 0.6) is 0 Å². The molecule has 2 aromatic carbocycles. The Bertz CT molecular complexity index is 1100. The predicted molar refractivity (Wildman–Crippen MR) is 133 cm³/mol. The molecular weight excluding hydrogens is 444 g/mol. The van der Waals surface area contributed by atoms with Crippen LogP contribution < -0.4 is 5.32 Å². The first-order chi connectivity index (χ1) is 16.9. The lowest BCUT2D eigenvalue weighted by Crippen LogP contribution is -2.56. The van der Waals surface area contributed by atoms with Crippen LogP contribution in [0.2, 0.25) is 0 Å². The van der Waals surface area contributed by atoms with Crippen LogP contribution in [0.25, 0.3) is 0 Å². The average Bonchev–Trinajstić information content (AvgIpc) is 2.87. The highest BCUT2D eigenvalue weighted by atomic mass is 16.5. The SMILES string of the molecule is CCOC(=O)C1=C(CN2CCN(C(=O)c3ccccc3)[C@H](C)C2)N(C)C(=O)N[C@H]1c1ccccc1. The van der Waals surface area contributed by atoms with Crippen molar-refractivity contribution >= 4 is 17.9 Å². The Labute approximate surface area is 206 Å². The Balaban J connectivity index is 1.59. The predicted octanol–water partition coefficient (Wildman–Crippen LogP) is 3.05. The maximum Gasteiger partial charge on any atom is 0.338 e. The van der Waals surface area contributed by atoms with Crippen LogP contribution in [0.1, 0.15) is 35.8 Å². The van der Waals surface area contributed by atoms with Gasteiger partial charge in [-0.25, -0.2) is 9.59 Å².